The second-order valence-electron chi connectivity index (χ2n) is 5.45. The van der Waals surface area contributed by atoms with E-state index in [-0.39, 0.29) is 5.69 Å². The van der Waals surface area contributed by atoms with Crippen LogP contribution in [0.3, 0.4) is 0 Å². The fraction of sp³-hybridized carbons (Fsp3) is 0. The third kappa shape index (κ3) is 2.42. The lowest BCUT2D eigenvalue weighted by Gasteiger charge is -2.04. The number of non-ortho nitro benzene ring substituents is 1. The zero-order valence-corrected chi connectivity index (χ0v) is 12.7. The molecule has 0 saturated carbocycles. The van der Waals surface area contributed by atoms with Crippen molar-refractivity contribution in [3.8, 4) is 22.5 Å². The summed E-state index contributed by atoms with van der Waals surface area (Å²) in [5.41, 5.74) is 4.78. The van der Waals surface area contributed by atoms with E-state index in [0.717, 1.165) is 28.0 Å². The Kier molecular flexibility index (Phi) is 3.31. The molecule has 0 aliphatic heterocycles. The van der Waals surface area contributed by atoms with Crippen LogP contribution in [0.25, 0.3) is 28.0 Å². The number of hydrogen-bond donors (Lipinski definition) is 0. The van der Waals surface area contributed by atoms with Gasteiger partial charge in [0.15, 0.2) is 0 Å². The molecule has 116 valence electrons. The van der Waals surface area contributed by atoms with Gasteiger partial charge < -0.3 is 0 Å². The average molecular weight is 315 g/mol. The van der Waals surface area contributed by atoms with Gasteiger partial charge in [0.25, 0.3) is 5.69 Å². The number of benzene rings is 2. The van der Waals surface area contributed by atoms with Crippen LogP contribution in [0, 0.1) is 10.1 Å². The molecule has 2 aromatic heterocycles. The zero-order valence-electron chi connectivity index (χ0n) is 12.7. The molecule has 0 spiro atoms. The van der Waals surface area contributed by atoms with Gasteiger partial charge in [0, 0.05) is 23.3 Å². The summed E-state index contributed by atoms with van der Waals surface area (Å²) in [7, 11) is 0. The van der Waals surface area contributed by atoms with Crippen molar-refractivity contribution in [2.45, 2.75) is 0 Å². The van der Waals surface area contributed by atoms with E-state index in [0.29, 0.717) is 0 Å². The molecule has 2 aromatic carbocycles. The maximum atomic E-state index is 10.8. The fourth-order valence-corrected chi connectivity index (χ4v) is 2.74. The molecule has 5 heteroatoms. The highest BCUT2D eigenvalue weighted by atomic mass is 16.6. The predicted octanol–water partition coefficient (Wildman–Crippen LogP) is 4.58. The molecule has 0 radical (unpaired) electrons. The van der Waals surface area contributed by atoms with Crippen LogP contribution in [0.5, 0.6) is 0 Å². The first-order valence-corrected chi connectivity index (χ1v) is 7.51. The molecule has 0 aliphatic carbocycles. The van der Waals surface area contributed by atoms with Gasteiger partial charge in [0.2, 0.25) is 0 Å². The number of nitrogens with zero attached hydrogens (tertiary/aromatic N) is 3. The van der Waals surface area contributed by atoms with Crippen molar-refractivity contribution in [1.82, 2.24) is 9.61 Å². The van der Waals surface area contributed by atoms with E-state index in [9.17, 15) is 10.1 Å². The first-order valence-electron chi connectivity index (χ1n) is 7.51. The highest BCUT2D eigenvalue weighted by molar-refractivity contribution is 5.71. The van der Waals surface area contributed by atoms with Crippen LogP contribution in [0.1, 0.15) is 0 Å². The van der Waals surface area contributed by atoms with E-state index in [4.69, 9.17) is 5.10 Å². The van der Waals surface area contributed by atoms with Crippen molar-refractivity contribution < 1.29 is 4.92 Å². The third-order valence-corrected chi connectivity index (χ3v) is 3.93. The van der Waals surface area contributed by atoms with E-state index in [2.05, 4.69) is 0 Å². The first kappa shape index (κ1) is 14.1. The molecular formula is C19H13N3O2. The van der Waals surface area contributed by atoms with Gasteiger partial charge in [-0.25, -0.2) is 4.52 Å². The summed E-state index contributed by atoms with van der Waals surface area (Å²) >= 11 is 0. The van der Waals surface area contributed by atoms with Crippen LogP contribution in [0.2, 0.25) is 0 Å². The molecule has 0 atom stereocenters. The lowest BCUT2D eigenvalue weighted by Crippen LogP contribution is -1.94. The average Bonchev–Trinajstić information content (AvgIpc) is 3.07. The van der Waals surface area contributed by atoms with Gasteiger partial charge in [0.1, 0.15) is 0 Å². The van der Waals surface area contributed by atoms with Gasteiger partial charge in [-0.3, -0.25) is 10.1 Å². The van der Waals surface area contributed by atoms with Gasteiger partial charge in [-0.05, 0) is 30.3 Å². The first-order chi connectivity index (χ1) is 11.7. The summed E-state index contributed by atoms with van der Waals surface area (Å²) in [5.74, 6) is 0. The van der Waals surface area contributed by atoms with Crippen molar-refractivity contribution in [2.24, 2.45) is 0 Å². The van der Waals surface area contributed by atoms with E-state index in [1.807, 2.05) is 59.1 Å². The SMILES string of the molecule is O=[N+]([O-])c1ccc(-c2cccc3cc(-c4ccccc4)nn23)cc1. The van der Waals surface area contributed by atoms with Crippen LogP contribution < -0.4 is 0 Å². The maximum absolute atomic E-state index is 10.8. The van der Waals surface area contributed by atoms with Crippen molar-refractivity contribution in [3.05, 3.63) is 89.0 Å². The zero-order chi connectivity index (χ0) is 16.5. The minimum absolute atomic E-state index is 0.0800. The lowest BCUT2D eigenvalue weighted by atomic mass is 10.1. The Morgan fingerprint density at radius 2 is 1.58 bits per heavy atom. The minimum Gasteiger partial charge on any atom is -0.258 e. The molecule has 0 bridgehead atoms. The summed E-state index contributed by atoms with van der Waals surface area (Å²) in [4.78, 5) is 10.4. The molecular weight excluding hydrogens is 302 g/mol. The molecule has 4 rings (SSSR count). The molecule has 24 heavy (non-hydrogen) atoms. The number of pyridine rings is 1. The maximum Gasteiger partial charge on any atom is 0.269 e. The Balaban J connectivity index is 1.84. The quantitative estimate of drug-likeness (QED) is 0.411. The summed E-state index contributed by atoms with van der Waals surface area (Å²) in [6.07, 6.45) is 0. The van der Waals surface area contributed by atoms with Crippen LogP contribution >= 0.6 is 0 Å². The largest absolute Gasteiger partial charge is 0.269 e. The number of fused-ring (bicyclic) bond motifs is 1. The molecule has 0 unspecified atom stereocenters. The van der Waals surface area contributed by atoms with Crippen LogP contribution in [-0.2, 0) is 0 Å². The van der Waals surface area contributed by atoms with E-state index in [1.54, 1.807) is 12.1 Å². The molecule has 2 heterocycles. The lowest BCUT2D eigenvalue weighted by molar-refractivity contribution is -0.384. The van der Waals surface area contributed by atoms with Crippen LogP contribution in [0.15, 0.2) is 78.9 Å². The van der Waals surface area contributed by atoms with Gasteiger partial charge in [-0.2, -0.15) is 5.10 Å². The standard InChI is InChI=1S/C19H13N3O2/c23-22(24)16-11-9-15(10-12-16)19-8-4-7-17-13-18(20-21(17)19)14-5-2-1-3-6-14/h1-13H. The molecule has 4 aromatic rings. The van der Waals surface area contributed by atoms with Gasteiger partial charge in [-0.1, -0.05) is 36.4 Å². The van der Waals surface area contributed by atoms with E-state index in [1.165, 1.54) is 12.1 Å². The Morgan fingerprint density at radius 1 is 0.833 bits per heavy atom. The summed E-state index contributed by atoms with van der Waals surface area (Å²) in [5, 5.41) is 15.5. The van der Waals surface area contributed by atoms with Crippen LogP contribution in [-0.4, -0.2) is 14.5 Å². The number of aromatic nitrogens is 2. The van der Waals surface area contributed by atoms with Gasteiger partial charge >= 0.3 is 0 Å². The van der Waals surface area contributed by atoms with E-state index < -0.39 is 4.92 Å². The smallest absolute Gasteiger partial charge is 0.258 e. The summed E-state index contributed by atoms with van der Waals surface area (Å²) in [6.45, 7) is 0. The number of rotatable bonds is 3. The van der Waals surface area contributed by atoms with Crippen molar-refractivity contribution in [1.29, 1.82) is 0 Å². The van der Waals surface area contributed by atoms with Crippen molar-refractivity contribution in [2.75, 3.05) is 0 Å². The number of nitro benzene ring substituents is 1. The Labute approximate surface area is 138 Å². The molecule has 0 aliphatic rings. The molecule has 5 nitrogen and oxygen atoms in total. The predicted molar refractivity (Wildman–Crippen MR) is 92.7 cm³/mol. The van der Waals surface area contributed by atoms with Crippen molar-refractivity contribution >= 4 is 11.2 Å². The van der Waals surface area contributed by atoms with Gasteiger partial charge in [0.05, 0.1) is 21.8 Å². The minimum atomic E-state index is -0.397. The van der Waals surface area contributed by atoms with Crippen molar-refractivity contribution in [3.63, 3.8) is 0 Å². The monoisotopic (exact) mass is 315 g/mol. The van der Waals surface area contributed by atoms with Gasteiger partial charge in [-0.15, -0.1) is 0 Å². The molecule has 0 amide bonds. The fourth-order valence-electron chi connectivity index (χ4n) is 2.74. The van der Waals surface area contributed by atoms with Crippen LogP contribution in [0.4, 0.5) is 5.69 Å². The number of nitro groups is 1. The highest BCUT2D eigenvalue weighted by Gasteiger charge is 2.10. The topological polar surface area (TPSA) is 60.4 Å². The summed E-state index contributed by atoms with van der Waals surface area (Å²) < 4.78 is 1.86. The molecule has 0 fully saturated rings. The second-order valence-corrected chi connectivity index (χ2v) is 5.45. The van der Waals surface area contributed by atoms with E-state index >= 15 is 0 Å². The summed E-state index contributed by atoms with van der Waals surface area (Å²) in [6, 6.07) is 24.4. The number of hydrogen-bond acceptors (Lipinski definition) is 3. The Morgan fingerprint density at radius 3 is 2.29 bits per heavy atom. The Bertz CT molecular complexity index is 1020. The molecule has 0 saturated heterocycles. The molecule has 0 N–H and O–H groups in total. The second kappa shape index (κ2) is 5.62. The highest BCUT2D eigenvalue weighted by Crippen LogP contribution is 2.26. The Hall–Kier alpha value is -3.47. The normalized spacial score (nSPS) is 10.8. The third-order valence-electron chi connectivity index (χ3n) is 3.93.